The first-order valence-electron chi connectivity index (χ1n) is 5.75. The zero-order valence-corrected chi connectivity index (χ0v) is 10.7. The Morgan fingerprint density at radius 1 is 1.29 bits per heavy atom. The molecule has 2 rings (SSSR count). The molecule has 0 amide bonds. The van der Waals surface area contributed by atoms with E-state index in [0.717, 1.165) is 22.4 Å². The summed E-state index contributed by atoms with van der Waals surface area (Å²) in [4.78, 5) is 4.17. The molecule has 2 heterocycles. The highest BCUT2D eigenvalue weighted by Gasteiger charge is 2.15. The van der Waals surface area contributed by atoms with Gasteiger partial charge in [0.25, 0.3) is 0 Å². The zero-order valence-electron chi connectivity index (χ0n) is 10.7. The maximum Gasteiger partial charge on any atom is 0.123 e. The van der Waals surface area contributed by atoms with Gasteiger partial charge in [0.2, 0.25) is 0 Å². The molecular formula is C13H18N4. The lowest BCUT2D eigenvalue weighted by Gasteiger charge is -2.08. The van der Waals surface area contributed by atoms with Crippen molar-refractivity contribution in [2.45, 2.75) is 26.7 Å². The highest BCUT2D eigenvalue weighted by Crippen LogP contribution is 2.30. The summed E-state index contributed by atoms with van der Waals surface area (Å²) in [6, 6.07) is 1.90. The maximum atomic E-state index is 5.68. The van der Waals surface area contributed by atoms with Crippen molar-refractivity contribution in [1.29, 1.82) is 0 Å². The van der Waals surface area contributed by atoms with Gasteiger partial charge >= 0.3 is 0 Å². The summed E-state index contributed by atoms with van der Waals surface area (Å²) in [5.74, 6) is 0.949. The number of aryl methyl sites for hydroxylation is 2. The molecule has 0 aromatic carbocycles. The van der Waals surface area contributed by atoms with Crippen LogP contribution in [0.25, 0.3) is 11.1 Å². The van der Waals surface area contributed by atoms with Gasteiger partial charge in [-0.3, -0.25) is 4.68 Å². The molecule has 0 spiro atoms. The van der Waals surface area contributed by atoms with Crippen molar-refractivity contribution in [1.82, 2.24) is 14.8 Å². The van der Waals surface area contributed by atoms with E-state index in [1.165, 1.54) is 0 Å². The van der Waals surface area contributed by atoms with Crippen LogP contribution in [0.5, 0.6) is 0 Å². The minimum atomic E-state index is 0.392. The van der Waals surface area contributed by atoms with Crippen LogP contribution in [-0.4, -0.2) is 14.8 Å². The van der Waals surface area contributed by atoms with Gasteiger partial charge in [0.15, 0.2) is 0 Å². The Morgan fingerprint density at radius 3 is 2.59 bits per heavy atom. The number of hydrogen-bond donors (Lipinski definition) is 1. The van der Waals surface area contributed by atoms with Crippen LogP contribution in [0, 0.1) is 6.92 Å². The summed E-state index contributed by atoms with van der Waals surface area (Å²) in [5.41, 5.74) is 10.2. The fourth-order valence-electron chi connectivity index (χ4n) is 2.00. The minimum Gasteiger partial charge on any atom is -0.384 e. The first kappa shape index (κ1) is 11.6. The highest BCUT2D eigenvalue weighted by atomic mass is 15.3. The summed E-state index contributed by atoms with van der Waals surface area (Å²) in [7, 11) is 1.94. The lowest BCUT2D eigenvalue weighted by molar-refractivity contribution is 0.713. The molecule has 0 fully saturated rings. The maximum absolute atomic E-state index is 5.68. The Morgan fingerprint density at radius 2 is 2.00 bits per heavy atom. The molecule has 0 aliphatic rings. The van der Waals surface area contributed by atoms with Gasteiger partial charge in [0.1, 0.15) is 5.82 Å². The molecule has 90 valence electrons. The molecular weight excluding hydrogens is 212 g/mol. The van der Waals surface area contributed by atoms with E-state index in [2.05, 4.69) is 23.9 Å². The van der Waals surface area contributed by atoms with E-state index in [1.54, 1.807) is 0 Å². The Labute approximate surface area is 101 Å². The topological polar surface area (TPSA) is 56.7 Å². The molecule has 0 aliphatic heterocycles. The lowest BCUT2D eigenvalue weighted by atomic mass is 9.98. The molecule has 0 atom stereocenters. The molecule has 2 aromatic rings. The van der Waals surface area contributed by atoms with Gasteiger partial charge in [-0.15, -0.1) is 0 Å². The molecule has 0 saturated carbocycles. The molecule has 2 aromatic heterocycles. The number of anilines is 1. The van der Waals surface area contributed by atoms with Gasteiger partial charge in [-0.2, -0.15) is 5.10 Å². The molecule has 0 aliphatic carbocycles. The molecule has 17 heavy (non-hydrogen) atoms. The number of hydrogen-bond acceptors (Lipinski definition) is 3. The van der Waals surface area contributed by atoms with Crippen molar-refractivity contribution in [2.75, 3.05) is 5.73 Å². The van der Waals surface area contributed by atoms with E-state index < -0.39 is 0 Å². The van der Waals surface area contributed by atoms with Crippen LogP contribution in [-0.2, 0) is 7.05 Å². The van der Waals surface area contributed by atoms with Crippen LogP contribution in [0.4, 0.5) is 5.82 Å². The fraction of sp³-hybridized carbons (Fsp3) is 0.385. The Hall–Kier alpha value is -1.84. The summed E-state index contributed by atoms with van der Waals surface area (Å²) < 4.78 is 1.85. The average molecular weight is 230 g/mol. The average Bonchev–Trinajstić information content (AvgIpc) is 2.60. The van der Waals surface area contributed by atoms with Crippen LogP contribution in [0.15, 0.2) is 18.5 Å². The molecule has 2 N–H and O–H groups in total. The standard InChI is InChI=1S/C13H18N4/c1-8(2)13-11(7-17(4)16-13)10-6-15-12(14)5-9(10)3/h5-8H,1-4H3,(H2,14,15). The molecule has 0 saturated heterocycles. The van der Waals surface area contributed by atoms with E-state index in [9.17, 15) is 0 Å². The lowest BCUT2D eigenvalue weighted by Crippen LogP contribution is -1.96. The van der Waals surface area contributed by atoms with Crippen molar-refractivity contribution >= 4 is 5.82 Å². The molecule has 0 bridgehead atoms. The summed E-state index contributed by atoms with van der Waals surface area (Å²) in [6.45, 7) is 6.34. The van der Waals surface area contributed by atoms with Crippen LogP contribution >= 0.6 is 0 Å². The van der Waals surface area contributed by atoms with E-state index in [-0.39, 0.29) is 0 Å². The van der Waals surface area contributed by atoms with Crippen molar-refractivity contribution < 1.29 is 0 Å². The first-order chi connectivity index (χ1) is 7.99. The van der Waals surface area contributed by atoms with Crippen LogP contribution in [0.1, 0.15) is 31.0 Å². The normalized spacial score (nSPS) is 11.1. The second-order valence-corrected chi connectivity index (χ2v) is 4.68. The van der Waals surface area contributed by atoms with Crippen LogP contribution < -0.4 is 5.73 Å². The van der Waals surface area contributed by atoms with Crippen LogP contribution in [0.2, 0.25) is 0 Å². The number of nitrogens with zero attached hydrogens (tertiary/aromatic N) is 3. The van der Waals surface area contributed by atoms with Gasteiger partial charge < -0.3 is 5.73 Å². The largest absolute Gasteiger partial charge is 0.384 e. The van der Waals surface area contributed by atoms with E-state index in [0.29, 0.717) is 11.7 Å². The van der Waals surface area contributed by atoms with Crippen LogP contribution in [0.3, 0.4) is 0 Å². The summed E-state index contributed by atoms with van der Waals surface area (Å²) >= 11 is 0. The highest BCUT2D eigenvalue weighted by molar-refractivity contribution is 5.69. The SMILES string of the molecule is Cc1cc(N)ncc1-c1cn(C)nc1C(C)C. The molecule has 0 radical (unpaired) electrons. The number of aromatic nitrogens is 3. The predicted octanol–water partition coefficient (Wildman–Crippen LogP) is 2.50. The third-order valence-electron chi connectivity index (χ3n) is 2.83. The van der Waals surface area contributed by atoms with Crippen molar-refractivity contribution in [3.8, 4) is 11.1 Å². The monoisotopic (exact) mass is 230 g/mol. The Kier molecular flexibility index (Phi) is 2.88. The third-order valence-corrected chi connectivity index (χ3v) is 2.83. The Bertz CT molecular complexity index is 540. The van der Waals surface area contributed by atoms with Crippen molar-refractivity contribution in [3.63, 3.8) is 0 Å². The minimum absolute atomic E-state index is 0.392. The van der Waals surface area contributed by atoms with Gasteiger partial charge in [-0.05, 0) is 24.5 Å². The molecule has 4 nitrogen and oxygen atoms in total. The van der Waals surface area contributed by atoms with E-state index in [4.69, 9.17) is 5.73 Å². The summed E-state index contributed by atoms with van der Waals surface area (Å²) in [6.07, 6.45) is 3.86. The van der Waals surface area contributed by atoms with Gasteiger partial charge in [0, 0.05) is 30.6 Å². The molecule has 0 unspecified atom stereocenters. The number of pyridine rings is 1. The third kappa shape index (κ3) is 2.16. The van der Waals surface area contributed by atoms with Gasteiger partial charge in [0.05, 0.1) is 5.69 Å². The number of nitrogens with two attached hydrogens (primary N) is 1. The van der Waals surface area contributed by atoms with E-state index >= 15 is 0 Å². The Balaban J connectivity index is 2.59. The van der Waals surface area contributed by atoms with Gasteiger partial charge in [-0.1, -0.05) is 13.8 Å². The quantitative estimate of drug-likeness (QED) is 0.862. The first-order valence-corrected chi connectivity index (χ1v) is 5.75. The zero-order chi connectivity index (χ0) is 12.6. The van der Waals surface area contributed by atoms with Crippen molar-refractivity contribution in [2.24, 2.45) is 7.05 Å². The van der Waals surface area contributed by atoms with E-state index in [1.807, 2.05) is 37.1 Å². The smallest absolute Gasteiger partial charge is 0.123 e. The second kappa shape index (κ2) is 4.20. The fourth-order valence-corrected chi connectivity index (χ4v) is 2.00. The van der Waals surface area contributed by atoms with Gasteiger partial charge in [-0.25, -0.2) is 4.98 Å². The number of rotatable bonds is 2. The number of nitrogen functional groups attached to an aromatic ring is 1. The van der Waals surface area contributed by atoms with Crippen molar-refractivity contribution in [3.05, 3.63) is 29.7 Å². The summed E-state index contributed by atoms with van der Waals surface area (Å²) in [5, 5.41) is 4.51. The predicted molar refractivity (Wildman–Crippen MR) is 69.7 cm³/mol. The second-order valence-electron chi connectivity index (χ2n) is 4.68. The molecule has 4 heteroatoms.